The Kier molecular flexibility index (Phi) is 4.10. The van der Waals surface area contributed by atoms with Gasteiger partial charge in [-0.15, -0.1) is 0 Å². The van der Waals surface area contributed by atoms with E-state index in [1.807, 2.05) is 0 Å². The molecule has 0 spiro atoms. The van der Waals surface area contributed by atoms with E-state index in [4.69, 9.17) is 0 Å². The van der Waals surface area contributed by atoms with E-state index >= 15 is 0 Å². The van der Waals surface area contributed by atoms with E-state index in [1.54, 1.807) is 0 Å². The predicted molar refractivity (Wildman–Crippen MR) is 66.2 cm³/mol. The summed E-state index contributed by atoms with van der Waals surface area (Å²) >= 11 is 0. The van der Waals surface area contributed by atoms with Gasteiger partial charge in [0.2, 0.25) is 0 Å². The number of rotatable bonds is 3. The van der Waals surface area contributed by atoms with Crippen LogP contribution in [0.2, 0.25) is 0 Å². The van der Waals surface area contributed by atoms with Crippen molar-refractivity contribution in [3.05, 3.63) is 35.4 Å². The highest BCUT2D eigenvalue weighted by Gasteiger charge is 2.25. The van der Waals surface area contributed by atoms with E-state index in [1.165, 1.54) is 12.1 Å². The molecule has 0 unspecified atom stereocenters. The van der Waals surface area contributed by atoms with Gasteiger partial charge in [-0.05, 0) is 30.4 Å². The normalized spacial score (nSPS) is 23.9. The van der Waals surface area contributed by atoms with E-state index in [0.29, 0.717) is 5.92 Å². The van der Waals surface area contributed by atoms with Crippen LogP contribution in [0.4, 0.5) is 8.78 Å². The van der Waals surface area contributed by atoms with Gasteiger partial charge in [0.1, 0.15) is 5.78 Å². The molecule has 1 saturated carbocycles. The largest absolute Gasteiger partial charge is 0.299 e. The van der Waals surface area contributed by atoms with E-state index < -0.39 is 11.6 Å². The first-order valence-electron chi connectivity index (χ1n) is 6.53. The third-order valence-electron chi connectivity index (χ3n) is 3.87. The van der Waals surface area contributed by atoms with Crippen LogP contribution in [0, 0.1) is 23.5 Å². The fourth-order valence-corrected chi connectivity index (χ4v) is 2.60. The van der Waals surface area contributed by atoms with Crippen LogP contribution < -0.4 is 0 Å². The maximum atomic E-state index is 13.5. The molecular weight excluding hydrogens is 234 g/mol. The Morgan fingerprint density at radius 3 is 2.56 bits per heavy atom. The molecule has 0 N–H and O–H groups in total. The lowest BCUT2D eigenvalue weighted by atomic mass is 9.79. The van der Waals surface area contributed by atoms with E-state index in [2.05, 4.69) is 6.92 Å². The number of carbonyl (C=O) groups excluding carboxylic acids is 1. The van der Waals surface area contributed by atoms with Crippen molar-refractivity contribution in [2.75, 3.05) is 0 Å². The van der Waals surface area contributed by atoms with Crippen LogP contribution in [0.5, 0.6) is 0 Å². The second-order valence-electron chi connectivity index (χ2n) is 5.31. The topological polar surface area (TPSA) is 17.1 Å². The number of hydrogen-bond acceptors (Lipinski definition) is 1. The molecule has 1 aliphatic rings. The minimum atomic E-state index is -0.880. The van der Waals surface area contributed by atoms with Crippen molar-refractivity contribution in [1.82, 2.24) is 0 Å². The summed E-state index contributed by atoms with van der Waals surface area (Å²) < 4.78 is 26.5. The number of ketones is 1. The van der Waals surface area contributed by atoms with Gasteiger partial charge in [0.15, 0.2) is 11.6 Å². The lowest BCUT2D eigenvalue weighted by Gasteiger charge is -2.25. The van der Waals surface area contributed by atoms with Gasteiger partial charge in [-0.2, -0.15) is 0 Å². The molecule has 1 aromatic carbocycles. The van der Waals surface area contributed by atoms with Crippen molar-refractivity contribution in [2.24, 2.45) is 11.8 Å². The van der Waals surface area contributed by atoms with Crippen LogP contribution in [0.1, 0.15) is 38.2 Å². The third kappa shape index (κ3) is 2.95. The summed E-state index contributed by atoms with van der Waals surface area (Å²) in [5.74, 6) is -0.997. The molecule has 0 radical (unpaired) electrons. The zero-order chi connectivity index (χ0) is 13.1. The summed E-state index contributed by atoms with van der Waals surface area (Å²) in [4.78, 5) is 12.0. The average Bonchev–Trinajstić information content (AvgIpc) is 2.36. The zero-order valence-electron chi connectivity index (χ0n) is 10.6. The second-order valence-corrected chi connectivity index (χ2v) is 5.31. The summed E-state index contributed by atoms with van der Waals surface area (Å²) in [6, 6.07) is 4.01. The van der Waals surface area contributed by atoms with Crippen LogP contribution in [0.15, 0.2) is 18.2 Å². The highest BCUT2D eigenvalue weighted by Crippen LogP contribution is 2.29. The molecule has 1 aromatic rings. The van der Waals surface area contributed by atoms with Gasteiger partial charge in [0.05, 0.1) is 0 Å². The quantitative estimate of drug-likeness (QED) is 0.797. The van der Waals surface area contributed by atoms with E-state index in [9.17, 15) is 13.6 Å². The highest BCUT2D eigenvalue weighted by atomic mass is 19.2. The van der Waals surface area contributed by atoms with Gasteiger partial charge < -0.3 is 0 Å². The van der Waals surface area contributed by atoms with Gasteiger partial charge >= 0.3 is 0 Å². The Labute approximate surface area is 106 Å². The van der Waals surface area contributed by atoms with Gasteiger partial charge in [0.25, 0.3) is 0 Å². The maximum Gasteiger partial charge on any atom is 0.162 e. The SMILES string of the molecule is CC1CCC(C(=O)Cc2cccc(F)c2F)CC1. The first-order valence-corrected chi connectivity index (χ1v) is 6.53. The molecule has 1 nitrogen and oxygen atoms in total. The minimum absolute atomic E-state index is 0.0165. The molecule has 2 rings (SSSR count). The van der Waals surface area contributed by atoms with Crippen LogP contribution in [-0.2, 0) is 11.2 Å². The first kappa shape index (κ1) is 13.2. The smallest absolute Gasteiger partial charge is 0.162 e. The van der Waals surface area contributed by atoms with Crippen LogP contribution in [-0.4, -0.2) is 5.78 Å². The molecule has 0 aromatic heterocycles. The van der Waals surface area contributed by atoms with Gasteiger partial charge in [-0.1, -0.05) is 31.9 Å². The Bertz CT molecular complexity index is 434. The monoisotopic (exact) mass is 252 g/mol. The lowest BCUT2D eigenvalue weighted by molar-refractivity contribution is -0.123. The highest BCUT2D eigenvalue weighted by molar-refractivity contribution is 5.83. The lowest BCUT2D eigenvalue weighted by Crippen LogP contribution is -2.22. The van der Waals surface area contributed by atoms with Gasteiger partial charge in [0, 0.05) is 12.3 Å². The number of Topliss-reactive ketones (excluding diaryl/α,β-unsaturated/α-hetero) is 1. The Hall–Kier alpha value is -1.25. The van der Waals surface area contributed by atoms with Gasteiger partial charge in [-0.25, -0.2) is 8.78 Å². The molecule has 0 atom stereocenters. The molecule has 1 fully saturated rings. The molecule has 98 valence electrons. The van der Waals surface area contributed by atoms with Crippen molar-refractivity contribution in [3.63, 3.8) is 0 Å². The summed E-state index contributed by atoms with van der Waals surface area (Å²) in [5, 5.41) is 0. The van der Waals surface area contributed by atoms with Crippen molar-refractivity contribution in [3.8, 4) is 0 Å². The zero-order valence-corrected chi connectivity index (χ0v) is 10.6. The maximum absolute atomic E-state index is 13.5. The summed E-state index contributed by atoms with van der Waals surface area (Å²) in [5.41, 5.74) is 0.179. The number of halogens is 2. The predicted octanol–water partition coefficient (Wildman–Crippen LogP) is 3.90. The van der Waals surface area contributed by atoms with Gasteiger partial charge in [-0.3, -0.25) is 4.79 Å². The average molecular weight is 252 g/mol. The number of hydrogen-bond donors (Lipinski definition) is 0. The molecule has 0 saturated heterocycles. The van der Waals surface area contributed by atoms with Crippen molar-refractivity contribution in [2.45, 2.75) is 39.0 Å². The Morgan fingerprint density at radius 2 is 1.89 bits per heavy atom. The second kappa shape index (κ2) is 5.59. The van der Waals surface area contributed by atoms with Crippen LogP contribution in [0.25, 0.3) is 0 Å². The fraction of sp³-hybridized carbons (Fsp3) is 0.533. The molecule has 0 bridgehead atoms. The minimum Gasteiger partial charge on any atom is -0.299 e. The van der Waals surface area contributed by atoms with Crippen molar-refractivity contribution in [1.29, 1.82) is 0 Å². The fourth-order valence-electron chi connectivity index (χ4n) is 2.60. The molecular formula is C15H18F2O. The summed E-state index contributed by atoms with van der Waals surface area (Å²) in [6.45, 7) is 2.19. The van der Waals surface area contributed by atoms with E-state index in [0.717, 1.165) is 31.7 Å². The van der Waals surface area contributed by atoms with E-state index in [-0.39, 0.29) is 23.7 Å². The third-order valence-corrected chi connectivity index (χ3v) is 3.87. The van der Waals surface area contributed by atoms with Crippen LogP contribution >= 0.6 is 0 Å². The molecule has 18 heavy (non-hydrogen) atoms. The summed E-state index contributed by atoms with van der Waals surface area (Å²) in [6.07, 6.45) is 3.90. The molecule has 0 heterocycles. The van der Waals surface area contributed by atoms with Crippen LogP contribution in [0.3, 0.4) is 0 Å². The molecule has 0 amide bonds. The Morgan fingerprint density at radius 1 is 1.22 bits per heavy atom. The van der Waals surface area contributed by atoms with Crippen molar-refractivity contribution >= 4 is 5.78 Å². The first-order chi connectivity index (χ1) is 8.58. The molecule has 3 heteroatoms. The Balaban J connectivity index is 2.01. The number of benzene rings is 1. The molecule has 1 aliphatic carbocycles. The number of carbonyl (C=O) groups is 1. The molecule has 0 aliphatic heterocycles. The summed E-state index contributed by atoms with van der Waals surface area (Å²) in [7, 11) is 0. The van der Waals surface area contributed by atoms with Crippen molar-refractivity contribution < 1.29 is 13.6 Å². The standard InChI is InChI=1S/C15H18F2O/c1-10-5-7-11(8-6-10)14(18)9-12-3-2-4-13(16)15(12)17/h2-4,10-11H,5-9H2,1H3.